The second-order valence-electron chi connectivity index (χ2n) is 9.61. The fraction of sp³-hybridized carbons (Fsp3) is 0.609. The highest BCUT2D eigenvalue weighted by molar-refractivity contribution is 7.99. The normalized spacial score (nSPS) is 22.6. The summed E-state index contributed by atoms with van der Waals surface area (Å²) in [4.78, 5) is 6.70. The fourth-order valence-corrected chi connectivity index (χ4v) is 5.79. The quantitative estimate of drug-likeness (QED) is 0.540. The van der Waals surface area contributed by atoms with E-state index < -0.39 is 0 Å². The fourth-order valence-electron chi connectivity index (χ4n) is 4.68. The van der Waals surface area contributed by atoms with Gasteiger partial charge in [-0.2, -0.15) is 0 Å². The summed E-state index contributed by atoms with van der Waals surface area (Å²) in [5.41, 5.74) is 4.24. The van der Waals surface area contributed by atoms with E-state index in [9.17, 15) is 0 Å². The molecule has 0 spiro atoms. The number of aromatic nitrogens is 1. The predicted molar refractivity (Wildman–Crippen MR) is 112 cm³/mol. The second-order valence-corrected chi connectivity index (χ2v) is 10.9. The van der Waals surface area contributed by atoms with Crippen molar-refractivity contribution in [2.75, 3.05) is 5.75 Å². The molecule has 0 atom stereocenters. The molecule has 1 aromatic heterocycles. The monoisotopic (exact) mass is 355 g/mol. The molecule has 0 unspecified atom stereocenters. The summed E-state index contributed by atoms with van der Waals surface area (Å²) in [5.74, 6) is 1.08. The SMILES string of the molecule is CCSc1c2c(nc3ccccc13)C(C)(C)C(C)(C)C(C)(C)C2(C)C. The third-order valence-corrected chi connectivity index (χ3v) is 9.04. The summed E-state index contributed by atoms with van der Waals surface area (Å²) in [6, 6.07) is 8.67. The van der Waals surface area contributed by atoms with Gasteiger partial charge in [0, 0.05) is 15.7 Å². The van der Waals surface area contributed by atoms with Gasteiger partial charge in [-0.3, -0.25) is 4.98 Å². The molecular weight excluding hydrogens is 322 g/mol. The number of para-hydroxylation sites is 1. The first kappa shape index (κ1) is 18.8. The molecule has 1 heterocycles. The van der Waals surface area contributed by atoms with Gasteiger partial charge in [0.25, 0.3) is 0 Å². The molecule has 2 heteroatoms. The Hall–Kier alpha value is -1.02. The molecule has 0 N–H and O–H groups in total. The molecule has 0 radical (unpaired) electrons. The van der Waals surface area contributed by atoms with Crippen LogP contribution in [-0.2, 0) is 10.8 Å². The zero-order chi connectivity index (χ0) is 18.8. The lowest BCUT2D eigenvalue weighted by molar-refractivity contribution is -0.0476. The van der Waals surface area contributed by atoms with Gasteiger partial charge >= 0.3 is 0 Å². The molecule has 0 saturated carbocycles. The van der Waals surface area contributed by atoms with Gasteiger partial charge in [0.1, 0.15) is 0 Å². The maximum atomic E-state index is 5.25. The molecule has 3 rings (SSSR count). The summed E-state index contributed by atoms with van der Waals surface area (Å²) in [6.07, 6.45) is 0. The van der Waals surface area contributed by atoms with E-state index in [-0.39, 0.29) is 21.7 Å². The first-order chi connectivity index (χ1) is 11.4. The molecule has 1 aliphatic carbocycles. The second kappa shape index (κ2) is 5.49. The Morgan fingerprint density at radius 2 is 1.40 bits per heavy atom. The number of hydrogen-bond acceptors (Lipinski definition) is 2. The maximum Gasteiger partial charge on any atom is 0.0717 e. The van der Waals surface area contributed by atoms with Gasteiger partial charge in [-0.05, 0) is 33.6 Å². The first-order valence-electron chi connectivity index (χ1n) is 9.47. The van der Waals surface area contributed by atoms with Gasteiger partial charge in [-0.1, -0.05) is 80.5 Å². The van der Waals surface area contributed by atoms with E-state index in [1.165, 1.54) is 21.5 Å². The molecule has 0 aliphatic heterocycles. The minimum Gasteiger partial charge on any atom is -0.252 e. The molecule has 1 aliphatic rings. The van der Waals surface area contributed by atoms with Crippen LogP contribution in [0.15, 0.2) is 29.2 Å². The lowest BCUT2D eigenvalue weighted by Crippen LogP contribution is -2.60. The zero-order valence-electron chi connectivity index (χ0n) is 17.4. The van der Waals surface area contributed by atoms with Crippen molar-refractivity contribution < 1.29 is 0 Å². The Labute approximate surface area is 158 Å². The molecule has 1 nitrogen and oxygen atoms in total. The van der Waals surface area contributed by atoms with Crippen molar-refractivity contribution in [1.82, 2.24) is 4.98 Å². The third kappa shape index (κ3) is 2.19. The van der Waals surface area contributed by atoms with Crippen LogP contribution in [0, 0.1) is 10.8 Å². The number of fused-ring (bicyclic) bond motifs is 2. The summed E-state index contributed by atoms with van der Waals surface area (Å²) in [6.45, 7) is 21.7. The summed E-state index contributed by atoms with van der Waals surface area (Å²) >= 11 is 1.98. The number of thioether (sulfide) groups is 1. The number of rotatable bonds is 2. The highest BCUT2D eigenvalue weighted by Gasteiger charge is 2.62. The molecule has 136 valence electrons. The van der Waals surface area contributed by atoms with E-state index in [1.807, 2.05) is 11.8 Å². The predicted octanol–water partition coefficient (Wildman–Crippen LogP) is 6.97. The van der Waals surface area contributed by atoms with Crippen molar-refractivity contribution in [3.8, 4) is 0 Å². The van der Waals surface area contributed by atoms with E-state index in [2.05, 4.69) is 86.6 Å². The van der Waals surface area contributed by atoms with Crippen molar-refractivity contribution in [3.63, 3.8) is 0 Å². The summed E-state index contributed by atoms with van der Waals surface area (Å²) in [5, 5.41) is 1.31. The minimum absolute atomic E-state index is 0.00837. The van der Waals surface area contributed by atoms with Crippen LogP contribution in [0.5, 0.6) is 0 Å². The Morgan fingerprint density at radius 3 is 2.00 bits per heavy atom. The average Bonchev–Trinajstić information content (AvgIpc) is 2.53. The molecule has 0 bridgehead atoms. The topological polar surface area (TPSA) is 12.9 Å². The summed E-state index contributed by atoms with van der Waals surface area (Å²) < 4.78 is 0. The lowest BCUT2D eigenvalue weighted by atomic mass is 9.41. The first-order valence-corrected chi connectivity index (χ1v) is 10.5. The minimum atomic E-state index is 0.00837. The Morgan fingerprint density at radius 1 is 0.840 bits per heavy atom. The third-order valence-electron chi connectivity index (χ3n) is 8.04. The molecule has 0 amide bonds. The average molecular weight is 356 g/mol. The highest BCUT2D eigenvalue weighted by Crippen LogP contribution is 2.66. The van der Waals surface area contributed by atoms with Crippen LogP contribution in [0.25, 0.3) is 10.9 Å². The van der Waals surface area contributed by atoms with Gasteiger partial charge in [-0.15, -0.1) is 11.8 Å². The van der Waals surface area contributed by atoms with Gasteiger partial charge in [0.15, 0.2) is 0 Å². The standard InChI is InChI=1S/C23H33NS/c1-10-25-18-15-13-11-12-14-16(15)24-19-17(18)20(2,3)22(6,7)23(8,9)21(19,4)5/h11-14H,10H2,1-9H3. The number of pyridine rings is 1. The van der Waals surface area contributed by atoms with Crippen molar-refractivity contribution in [2.45, 2.75) is 78.0 Å². The van der Waals surface area contributed by atoms with Crippen molar-refractivity contribution in [2.24, 2.45) is 10.8 Å². The molecular formula is C23H33NS. The Bertz CT molecular complexity index is 827. The van der Waals surface area contributed by atoms with Crippen LogP contribution in [0.4, 0.5) is 0 Å². The van der Waals surface area contributed by atoms with Gasteiger partial charge in [-0.25, -0.2) is 0 Å². The van der Waals surface area contributed by atoms with E-state index in [0.717, 1.165) is 11.3 Å². The van der Waals surface area contributed by atoms with Crippen LogP contribution in [0.3, 0.4) is 0 Å². The van der Waals surface area contributed by atoms with Crippen LogP contribution in [0.2, 0.25) is 0 Å². The molecule has 0 fully saturated rings. The van der Waals surface area contributed by atoms with Crippen LogP contribution in [-0.4, -0.2) is 10.7 Å². The largest absolute Gasteiger partial charge is 0.252 e. The summed E-state index contributed by atoms with van der Waals surface area (Å²) in [7, 11) is 0. The van der Waals surface area contributed by atoms with E-state index in [0.29, 0.717) is 0 Å². The molecule has 2 aromatic rings. The van der Waals surface area contributed by atoms with Gasteiger partial charge in [0.2, 0.25) is 0 Å². The van der Waals surface area contributed by atoms with Crippen molar-refractivity contribution in [1.29, 1.82) is 0 Å². The highest BCUT2D eigenvalue weighted by atomic mass is 32.2. The van der Waals surface area contributed by atoms with Crippen LogP contribution in [0.1, 0.15) is 73.6 Å². The Balaban J connectivity index is 2.54. The number of benzene rings is 1. The lowest BCUT2D eigenvalue weighted by Gasteiger charge is -2.63. The van der Waals surface area contributed by atoms with Gasteiger partial charge < -0.3 is 0 Å². The van der Waals surface area contributed by atoms with Gasteiger partial charge in [0.05, 0.1) is 11.2 Å². The van der Waals surface area contributed by atoms with E-state index in [1.54, 1.807) is 0 Å². The maximum absolute atomic E-state index is 5.25. The Kier molecular flexibility index (Phi) is 4.12. The zero-order valence-corrected chi connectivity index (χ0v) is 18.2. The molecule has 25 heavy (non-hydrogen) atoms. The smallest absolute Gasteiger partial charge is 0.0717 e. The molecule has 1 aromatic carbocycles. The number of nitrogens with zero attached hydrogens (tertiary/aromatic N) is 1. The molecule has 0 saturated heterocycles. The van der Waals surface area contributed by atoms with Crippen LogP contribution < -0.4 is 0 Å². The van der Waals surface area contributed by atoms with Crippen LogP contribution >= 0.6 is 11.8 Å². The number of hydrogen-bond donors (Lipinski definition) is 0. The van der Waals surface area contributed by atoms with E-state index >= 15 is 0 Å². The van der Waals surface area contributed by atoms with E-state index in [4.69, 9.17) is 4.98 Å². The van der Waals surface area contributed by atoms with Crippen molar-refractivity contribution in [3.05, 3.63) is 35.5 Å². The van der Waals surface area contributed by atoms with Crippen molar-refractivity contribution >= 4 is 22.7 Å².